The van der Waals surface area contributed by atoms with Crippen molar-refractivity contribution in [3.8, 4) is 0 Å². The van der Waals surface area contributed by atoms with Gasteiger partial charge in [-0.05, 0) is 32.4 Å². The summed E-state index contributed by atoms with van der Waals surface area (Å²) < 4.78 is 5.10. The van der Waals surface area contributed by atoms with Gasteiger partial charge in [0.15, 0.2) is 0 Å². The number of rotatable bonds is 4. The average molecular weight is 248 g/mol. The highest BCUT2D eigenvalue weighted by Crippen LogP contribution is 2.08. The number of carbonyl (C=O) groups is 1. The molecular formula is C15H20O3. The van der Waals surface area contributed by atoms with Gasteiger partial charge in [-0.15, -0.1) is 0 Å². The van der Waals surface area contributed by atoms with Crippen LogP contribution in [-0.2, 0) is 16.0 Å². The zero-order valence-corrected chi connectivity index (χ0v) is 11.1. The van der Waals surface area contributed by atoms with Crippen molar-refractivity contribution < 1.29 is 14.6 Å². The number of hydrogen-bond donors (Lipinski definition) is 1. The van der Waals surface area contributed by atoms with Crippen molar-refractivity contribution in [3.05, 3.63) is 48.0 Å². The summed E-state index contributed by atoms with van der Waals surface area (Å²) in [4.78, 5) is 11.4. The van der Waals surface area contributed by atoms with Gasteiger partial charge in [0.1, 0.15) is 5.60 Å². The van der Waals surface area contributed by atoms with Gasteiger partial charge in [-0.1, -0.05) is 30.3 Å². The van der Waals surface area contributed by atoms with Crippen molar-refractivity contribution in [1.82, 2.24) is 0 Å². The second kappa shape index (κ2) is 6.36. The van der Waals surface area contributed by atoms with E-state index in [1.807, 2.05) is 30.3 Å². The second-order valence-electron chi connectivity index (χ2n) is 5.15. The monoisotopic (exact) mass is 248 g/mol. The minimum absolute atomic E-state index is 0.436. The Labute approximate surface area is 108 Å². The highest BCUT2D eigenvalue weighted by atomic mass is 16.6. The van der Waals surface area contributed by atoms with Gasteiger partial charge in [-0.2, -0.15) is 0 Å². The largest absolute Gasteiger partial charge is 0.457 e. The van der Waals surface area contributed by atoms with Crippen LogP contribution < -0.4 is 0 Å². The molecule has 1 rings (SSSR count). The standard InChI is InChI=1S/C15H20O3/c1-15(2,3)18-14(17)10-9-13(16)11-12-7-5-4-6-8-12/h4-10,13,16H,11H2,1-3H3/b10-9+. The van der Waals surface area contributed by atoms with Crippen LogP contribution in [0.3, 0.4) is 0 Å². The molecule has 0 amide bonds. The van der Waals surface area contributed by atoms with Crippen LogP contribution in [0.2, 0.25) is 0 Å². The van der Waals surface area contributed by atoms with E-state index in [-0.39, 0.29) is 0 Å². The highest BCUT2D eigenvalue weighted by molar-refractivity contribution is 5.82. The molecule has 98 valence electrons. The molecule has 0 bridgehead atoms. The zero-order valence-electron chi connectivity index (χ0n) is 11.1. The summed E-state index contributed by atoms with van der Waals surface area (Å²) in [7, 11) is 0. The molecule has 0 aliphatic heterocycles. The molecule has 0 spiro atoms. The van der Waals surface area contributed by atoms with Crippen molar-refractivity contribution >= 4 is 5.97 Å². The van der Waals surface area contributed by atoms with E-state index in [1.165, 1.54) is 12.2 Å². The van der Waals surface area contributed by atoms with E-state index in [1.54, 1.807) is 20.8 Å². The van der Waals surface area contributed by atoms with Gasteiger partial charge in [-0.25, -0.2) is 4.79 Å². The van der Waals surface area contributed by atoms with E-state index in [9.17, 15) is 9.90 Å². The van der Waals surface area contributed by atoms with Crippen LogP contribution in [0.25, 0.3) is 0 Å². The first kappa shape index (κ1) is 14.5. The van der Waals surface area contributed by atoms with Crippen LogP contribution in [0, 0.1) is 0 Å². The van der Waals surface area contributed by atoms with E-state index in [0.717, 1.165) is 5.56 Å². The molecule has 0 aliphatic rings. The topological polar surface area (TPSA) is 46.5 Å². The lowest BCUT2D eigenvalue weighted by atomic mass is 10.1. The lowest BCUT2D eigenvalue weighted by Crippen LogP contribution is -2.22. The molecular weight excluding hydrogens is 228 g/mol. The lowest BCUT2D eigenvalue weighted by molar-refractivity contribution is -0.148. The van der Waals surface area contributed by atoms with Gasteiger partial charge in [0.05, 0.1) is 6.10 Å². The molecule has 0 aromatic heterocycles. The van der Waals surface area contributed by atoms with Crippen LogP contribution in [0.5, 0.6) is 0 Å². The van der Waals surface area contributed by atoms with E-state index in [0.29, 0.717) is 6.42 Å². The second-order valence-corrected chi connectivity index (χ2v) is 5.15. The van der Waals surface area contributed by atoms with Crippen molar-refractivity contribution in [3.63, 3.8) is 0 Å². The Kier molecular flexibility index (Phi) is 5.10. The third-order valence-corrected chi connectivity index (χ3v) is 2.15. The van der Waals surface area contributed by atoms with Crippen molar-refractivity contribution in [2.24, 2.45) is 0 Å². The van der Waals surface area contributed by atoms with E-state index >= 15 is 0 Å². The molecule has 18 heavy (non-hydrogen) atoms. The fourth-order valence-corrected chi connectivity index (χ4v) is 1.45. The van der Waals surface area contributed by atoms with Gasteiger partial charge < -0.3 is 9.84 Å². The number of hydrogen-bond acceptors (Lipinski definition) is 3. The Hall–Kier alpha value is -1.61. The van der Waals surface area contributed by atoms with Crippen molar-refractivity contribution in [1.29, 1.82) is 0 Å². The third-order valence-electron chi connectivity index (χ3n) is 2.15. The van der Waals surface area contributed by atoms with E-state index in [2.05, 4.69) is 0 Å². The maximum Gasteiger partial charge on any atom is 0.331 e. The van der Waals surface area contributed by atoms with E-state index < -0.39 is 17.7 Å². The van der Waals surface area contributed by atoms with Crippen LogP contribution in [0.1, 0.15) is 26.3 Å². The fourth-order valence-electron chi connectivity index (χ4n) is 1.45. The summed E-state index contributed by atoms with van der Waals surface area (Å²) in [5, 5.41) is 9.76. The Morgan fingerprint density at radius 3 is 2.50 bits per heavy atom. The molecule has 0 fully saturated rings. The molecule has 0 radical (unpaired) electrons. The Morgan fingerprint density at radius 1 is 1.33 bits per heavy atom. The van der Waals surface area contributed by atoms with E-state index in [4.69, 9.17) is 4.74 Å². The molecule has 1 aromatic carbocycles. The predicted molar refractivity (Wildman–Crippen MR) is 71.1 cm³/mol. The van der Waals surface area contributed by atoms with Crippen molar-refractivity contribution in [2.75, 3.05) is 0 Å². The minimum atomic E-state index is -0.681. The van der Waals surface area contributed by atoms with Crippen molar-refractivity contribution in [2.45, 2.75) is 38.9 Å². The normalized spacial score (nSPS) is 13.6. The predicted octanol–water partition coefficient (Wildman–Crippen LogP) is 2.49. The maximum absolute atomic E-state index is 11.4. The molecule has 1 atom stereocenters. The molecule has 0 aliphatic carbocycles. The summed E-state index contributed by atoms with van der Waals surface area (Å²) in [6, 6.07) is 9.63. The van der Waals surface area contributed by atoms with Crippen LogP contribution in [0.15, 0.2) is 42.5 Å². The smallest absolute Gasteiger partial charge is 0.331 e. The maximum atomic E-state index is 11.4. The molecule has 1 unspecified atom stereocenters. The lowest BCUT2D eigenvalue weighted by Gasteiger charge is -2.18. The average Bonchev–Trinajstić information content (AvgIpc) is 2.25. The fraction of sp³-hybridized carbons (Fsp3) is 0.400. The van der Waals surface area contributed by atoms with Gasteiger partial charge in [0, 0.05) is 12.5 Å². The number of esters is 1. The summed E-state index contributed by atoms with van der Waals surface area (Å²) in [5.74, 6) is -0.436. The van der Waals surface area contributed by atoms with Crippen LogP contribution in [0.4, 0.5) is 0 Å². The SMILES string of the molecule is CC(C)(C)OC(=O)/C=C/C(O)Cc1ccccc1. The summed E-state index contributed by atoms with van der Waals surface area (Å²) >= 11 is 0. The Bertz CT molecular complexity index is 401. The quantitative estimate of drug-likeness (QED) is 0.657. The van der Waals surface area contributed by atoms with Crippen LogP contribution >= 0.6 is 0 Å². The molecule has 1 aromatic rings. The first-order valence-corrected chi connectivity index (χ1v) is 6.00. The highest BCUT2D eigenvalue weighted by Gasteiger charge is 2.14. The number of ether oxygens (including phenoxy) is 1. The first-order chi connectivity index (χ1) is 8.37. The molecule has 0 saturated heterocycles. The molecule has 3 nitrogen and oxygen atoms in total. The Balaban J connectivity index is 2.45. The third kappa shape index (κ3) is 6.21. The molecule has 3 heteroatoms. The number of aliphatic hydroxyl groups is 1. The molecule has 0 heterocycles. The summed E-state index contributed by atoms with van der Waals surface area (Å²) in [6.07, 6.45) is 2.54. The van der Waals surface area contributed by atoms with Gasteiger partial charge in [0.25, 0.3) is 0 Å². The molecule has 1 N–H and O–H groups in total. The van der Waals surface area contributed by atoms with Gasteiger partial charge >= 0.3 is 5.97 Å². The summed E-state index contributed by atoms with van der Waals surface area (Å²) in [5.41, 5.74) is 0.519. The van der Waals surface area contributed by atoms with Crippen LogP contribution in [-0.4, -0.2) is 22.8 Å². The van der Waals surface area contributed by atoms with Gasteiger partial charge in [-0.3, -0.25) is 0 Å². The van der Waals surface area contributed by atoms with Gasteiger partial charge in [0.2, 0.25) is 0 Å². The number of benzene rings is 1. The minimum Gasteiger partial charge on any atom is -0.457 e. The summed E-state index contributed by atoms with van der Waals surface area (Å²) in [6.45, 7) is 5.41. The molecule has 0 saturated carbocycles. The number of carbonyl (C=O) groups excluding carboxylic acids is 1. The zero-order chi connectivity index (χ0) is 13.6. The number of aliphatic hydroxyl groups excluding tert-OH is 1. The Morgan fingerprint density at radius 2 is 1.94 bits per heavy atom. The first-order valence-electron chi connectivity index (χ1n) is 6.00.